The lowest BCUT2D eigenvalue weighted by atomic mass is 9.77. The molecule has 0 heterocycles. The number of phenols is 1. The van der Waals surface area contributed by atoms with Gasteiger partial charge in [0.15, 0.2) is 0 Å². The normalized spacial score (nSPS) is 23.2. The van der Waals surface area contributed by atoms with Crippen molar-refractivity contribution >= 4 is 0 Å². The first-order chi connectivity index (χ1) is 8.74. The van der Waals surface area contributed by atoms with E-state index in [0.717, 1.165) is 5.56 Å². The number of benzene rings is 1. The van der Waals surface area contributed by atoms with Gasteiger partial charge >= 0.3 is 6.18 Å². The molecule has 2 N–H and O–H groups in total. The minimum absolute atomic E-state index is 0.0280. The van der Waals surface area contributed by atoms with E-state index >= 15 is 0 Å². The zero-order chi connectivity index (χ0) is 14.3. The van der Waals surface area contributed by atoms with E-state index in [1.165, 1.54) is 0 Å². The Morgan fingerprint density at radius 1 is 1.32 bits per heavy atom. The molecule has 2 nitrogen and oxygen atoms in total. The standard InChI is InChI=1S/C14H17F3O2/c1-2-9-3-4-10-7-13(19,8-14(15,16)17)6-5-11(10)12(9)18/h3-4,18-19H,2,5-8H2,1H3. The summed E-state index contributed by atoms with van der Waals surface area (Å²) in [6, 6.07) is 3.43. The van der Waals surface area contributed by atoms with Crippen molar-refractivity contribution in [2.75, 3.05) is 0 Å². The number of hydrogen-bond acceptors (Lipinski definition) is 2. The maximum absolute atomic E-state index is 12.4. The van der Waals surface area contributed by atoms with Crippen molar-refractivity contribution in [3.8, 4) is 5.75 Å². The summed E-state index contributed by atoms with van der Waals surface area (Å²) < 4.78 is 37.3. The van der Waals surface area contributed by atoms with Crippen molar-refractivity contribution in [1.82, 2.24) is 0 Å². The van der Waals surface area contributed by atoms with Gasteiger partial charge in [-0.15, -0.1) is 0 Å². The number of alkyl halides is 3. The van der Waals surface area contributed by atoms with Crippen LogP contribution in [0, 0.1) is 0 Å². The Balaban J connectivity index is 2.28. The van der Waals surface area contributed by atoms with Gasteiger partial charge in [0.05, 0.1) is 12.0 Å². The van der Waals surface area contributed by atoms with Crippen LogP contribution in [0.15, 0.2) is 12.1 Å². The maximum Gasteiger partial charge on any atom is 0.391 e. The van der Waals surface area contributed by atoms with Crippen molar-refractivity contribution in [2.45, 2.75) is 50.8 Å². The fourth-order valence-electron chi connectivity index (χ4n) is 2.78. The van der Waals surface area contributed by atoms with Gasteiger partial charge in [-0.25, -0.2) is 0 Å². The number of aryl methyl sites for hydroxylation is 1. The molecule has 0 radical (unpaired) electrons. The first-order valence-electron chi connectivity index (χ1n) is 6.36. The van der Waals surface area contributed by atoms with Crippen LogP contribution in [0.3, 0.4) is 0 Å². The molecule has 1 atom stereocenters. The minimum Gasteiger partial charge on any atom is -0.507 e. The van der Waals surface area contributed by atoms with E-state index in [0.29, 0.717) is 17.5 Å². The molecular weight excluding hydrogens is 257 g/mol. The van der Waals surface area contributed by atoms with Crippen LogP contribution >= 0.6 is 0 Å². The molecule has 2 rings (SSSR count). The average molecular weight is 274 g/mol. The quantitative estimate of drug-likeness (QED) is 0.870. The molecule has 19 heavy (non-hydrogen) atoms. The Bertz CT molecular complexity index is 482. The van der Waals surface area contributed by atoms with E-state index in [-0.39, 0.29) is 25.0 Å². The molecule has 1 aliphatic rings. The van der Waals surface area contributed by atoms with Crippen LogP contribution < -0.4 is 0 Å². The summed E-state index contributed by atoms with van der Waals surface area (Å²) in [4.78, 5) is 0. The van der Waals surface area contributed by atoms with Crippen LogP contribution in [0.2, 0.25) is 0 Å². The Kier molecular flexibility index (Phi) is 3.51. The Labute approximate surface area is 109 Å². The number of aliphatic hydroxyl groups is 1. The highest BCUT2D eigenvalue weighted by atomic mass is 19.4. The molecular formula is C14H17F3O2. The van der Waals surface area contributed by atoms with Gasteiger partial charge in [-0.3, -0.25) is 0 Å². The van der Waals surface area contributed by atoms with E-state index in [9.17, 15) is 23.4 Å². The lowest BCUT2D eigenvalue weighted by molar-refractivity contribution is -0.178. The molecule has 1 unspecified atom stereocenters. The molecule has 1 aromatic rings. The summed E-state index contributed by atoms with van der Waals surface area (Å²) in [6.07, 6.45) is -4.65. The predicted molar refractivity (Wildman–Crippen MR) is 65.1 cm³/mol. The molecule has 0 saturated carbocycles. The van der Waals surface area contributed by atoms with Crippen molar-refractivity contribution in [3.05, 3.63) is 28.8 Å². The highest BCUT2D eigenvalue weighted by molar-refractivity contribution is 5.47. The van der Waals surface area contributed by atoms with Gasteiger partial charge in [0, 0.05) is 6.42 Å². The number of rotatable bonds is 2. The van der Waals surface area contributed by atoms with E-state index in [1.807, 2.05) is 6.92 Å². The molecule has 0 amide bonds. The fraction of sp³-hybridized carbons (Fsp3) is 0.571. The molecule has 1 aliphatic carbocycles. The highest BCUT2D eigenvalue weighted by Gasteiger charge is 2.43. The van der Waals surface area contributed by atoms with Gasteiger partial charge in [0.1, 0.15) is 5.75 Å². The zero-order valence-electron chi connectivity index (χ0n) is 10.7. The SMILES string of the molecule is CCc1ccc2c(c1O)CCC(O)(CC(F)(F)F)C2. The summed E-state index contributed by atoms with van der Waals surface area (Å²) in [5, 5.41) is 20.1. The van der Waals surface area contributed by atoms with E-state index < -0.39 is 18.2 Å². The zero-order valence-corrected chi connectivity index (χ0v) is 10.7. The van der Waals surface area contributed by atoms with Gasteiger partial charge in [0.25, 0.3) is 0 Å². The minimum atomic E-state index is -4.38. The van der Waals surface area contributed by atoms with Crippen LogP contribution in [0.1, 0.15) is 36.5 Å². The second-order valence-electron chi connectivity index (χ2n) is 5.26. The van der Waals surface area contributed by atoms with Crippen molar-refractivity contribution in [1.29, 1.82) is 0 Å². The van der Waals surface area contributed by atoms with Crippen molar-refractivity contribution in [2.24, 2.45) is 0 Å². The van der Waals surface area contributed by atoms with Gasteiger partial charge in [0.2, 0.25) is 0 Å². The van der Waals surface area contributed by atoms with E-state index in [4.69, 9.17) is 0 Å². The number of phenolic OH excluding ortho intramolecular Hbond substituents is 1. The Morgan fingerprint density at radius 3 is 2.58 bits per heavy atom. The maximum atomic E-state index is 12.4. The fourth-order valence-corrected chi connectivity index (χ4v) is 2.78. The second kappa shape index (κ2) is 4.71. The first kappa shape index (κ1) is 14.2. The number of aromatic hydroxyl groups is 1. The van der Waals surface area contributed by atoms with Crippen LogP contribution in [0.4, 0.5) is 13.2 Å². The highest BCUT2D eigenvalue weighted by Crippen LogP contribution is 2.40. The molecule has 0 bridgehead atoms. The number of hydrogen-bond donors (Lipinski definition) is 2. The molecule has 1 aromatic carbocycles. The van der Waals surface area contributed by atoms with Gasteiger partial charge in [-0.1, -0.05) is 19.1 Å². The van der Waals surface area contributed by atoms with Crippen LogP contribution in [0.5, 0.6) is 5.75 Å². The third kappa shape index (κ3) is 3.03. The summed E-state index contributed by atoms with van der Waals surface area (Å²) in [7, 11) is 0. The number of halogens is 3. The molecule has 0 spiro atoms. The lowest BCUT2D eigenvalue weighted by Gasteiger charge is -2.34. The van der Waals surface area contributed by atoms with Gasteiger partial charge in [-0.2, -0.15) is 13.2 Å². The lowest BCUT2D eigenvalue weighted by Crippen LogP contribution is -2.40. The second-order valence-corrected chi connectivity index (χ2v) is 5.26. The van der Waals surface area contributed by atoms with E-state index in [2.05, 4.69) is 0 Å². The Hall–Kier alpha value is -1.23. The molecule has 106 valence electrons. The number of fused-ring (bicyclic) bond motifs is 1. The first-order valence-corrected chi connectivity index (χ1v) is 6.36. The smallest absolute Gasteiger partial charge is 0.391 e. The summed E-state index contributed by atoms with van der Waals surface area (Å²) in [5.41, 5.74) is 0.352. The molecule has 0 aromatic heterocycles. The summed E-state index contributed by atoms with van der Waals surface area (Å²) >= 11 is 0. The molecule has 0 fully saturated rings. The Morgan fingerprint density at radius 2 is 2.00 bits per heavy atom. The topological polar surface area (TPSA) is 40.5 Å². The predicted octanol–water partition coefficient (Wildman–Crippen LogP) is 3.13. The molecule has 0 aliphatic heterocycles. The summed E-state index contributed by atoms with van der Waals surface area (Å²) in [6.45, 7) is 1.91. The van der Waals surface area contributed by atoms with Crippen LogP contribution in [-0.2, 0) is 19.3 Å². The monoisotopic (exact) mass is 274 g/mol. The van der Waals surface area contributed by atoms with Gasteiger partial charge < -0.3 is 10.2 Å². The third-order valence-electron chi connectivity index (χ3n) is 3.73. The van der Waals surface area contributed by atoms with Crippen LogP contribution in [0.25, 0.3) is 0 Å². The third-order valence-corrected chi connectivity index (χ3v) is 3.73. The van der Waals surface area contributed by atoms with Gasteiger partial charge in [-0.05, 0) is 36.0 Å². The van der Waals surface area contributed by atoms with Crippen LogP contribution in [-0.4, -0.2) is 22.0 Å². The summed E-state index contributed by atoms with van der Waals surface area (Å²) in [5.74, 6) is 0.175. The molecule has 5 heteroatoms. The largest absolute Gasteiger partial charge is 0.507 e. The van der Waals surface area contributed by atoms with Crippen molar-refractivity contribution in [3.63, 3.8) is 0 Å². The molecule has 0 saturated heterocycles. The van der Waals surface area contributed by atoms with Crippen molar-refractivity contribution < 1.29 is 23.4 Å². The van der Waals surface area contributed by atoms with E-state index in [1.54, 1.807) is 12.1 Å². The average Bonchev–Trinajstić information content (AvgIpc) is 2.26.